The van der Waals surface area contributed by atoms with E-state index in [1.165, 1.54) is 6.42 Å². The van der Waals surface area contributed by atoms with Gasteiger partial charge < -0.3 is 9.47 Å². The van der Waals surface area contributed by atoms with Crippen LogP contribution in [-0.4, -0.2) is 36.7 Å². The average molecular weight is 297 g/mol. The molecule has 0 aromatic rings. The van der Waals surface area contributed by atoms with Gasteiger partial charge in [0.05, 0.1) is 6.61 Å². The van der Waals surface area contributed by atoms with Crippen LogP contribution < -0.4 is 5.32 Å². The summed E-state index contributed by atoms with van der Waals surface area (Å²) in [6, 6.07) is 0. The van der Waals surface area contributed by atoms with Crippen LogP contribution in [0.15, 0.2) is 0 Å². The maximum atomic E-state index is 12.4. The molecule has 2 rings (SSSR count). The van der Waals surface area contributed by atoms with Gasteiger partial charge >= 0.3 is 11.9 Å². The molecule has 1 saturated carbocycles. The zero-order chi connectivity index (χ0) is 15.6. The number of hydrogen-bond acceptors (Lipinski definition) is 5. The average Bonchev–Trinajstić information content (AvgIpc) is 3.20. The van der Waals surface area contributed by atoms with E-state index in [0.29, 0.717) is 24.3 Å². The maximum absolute atomic E-state index is 12.4. The minimum absolute atomic E-state index is 0.0880. The highest BCUT2D eigenvalue weighted by molar-refractivity contribution is 6.08. The molecule has 1 heterocycles. The third-order valence-corrected chi connectivity index (χ3v) is 4.72. The van der Waals surface area contributed by atoms with Gasteiger partial charge in [0, 0.05) is 6.54 Å². The number of hydrogen-bond donors (Lipinski definition) is 1. The summed E-state index contributed by atoms with van der Waals surface area (Å²) in [5.41, 5.74) is -1.24. The minimum Gasteiger partial charge on any atom is -0.464 e. The van der Waals surface area contributed by atoms with Gasteiger partial charge in [-0.2, -0.15) is 0 Å². The van der Waals surface area contributed by atoms with Crippen LogP contribution in [0.5, 0.6) is 0 Å². The van der Waals surface area contributed by atoms with Gasteiger partial charge in [0.2, 0.25) is 5.54 Å². The molecule has 1 N–H and O–H groups in total. The summed E-state index contributed by atoms with van der Waals surface area (Å²) < 4.78 is 10.7. The number of nitrogens with one attached hydrogen (secondary N) is 1. The summed E-state index contributed by atoms with van der Waals surface area (Å²) in [6.45, 7) is 8.84. The van der Waals surface area contributed by atoms with Crippen LogP contribution in [0.1, 0.15) is 47.0 Å². The predicted octanol–water partition coefficient (Wildman–Crippen LogP) is 1.90. The predicted molar refractivity (Wildman–Crippen MR) is 78.6 cm³/mol. The molecule has 1 aliphatic heterocycles. The zero-order valence-corrected chi connectivity index (χ0v) is 13.5. The zero-order valence-electron chi connectivity index (χ0n) is 13.5. The second-order valence-electron chi connectivity index (χ2n) is 6.75. The van der Waals surface area contributed by atoms with Gasteiger partial charge in [-0.3, -0.25) is 5.32 Å². The van der Waals surface area contributed by atoms with E-state index >= 15 is 0 Å². The molecule has 0 spiro atoms. The van der Waals surface area contributed by atoms with Gasteiger partial charge in [-0.05, 0) is 37.5 Å². The number of carbonyl (C=O) groups is 2. The van der Waals surface area contributed by atoms with E-state index < -0.39 is 17.5 Å². The van der Waals surface area contributed by atoms with Crippen molar-refractivity contribution in [2.75, 3.05) is 13.2 Å². The Labute approximate surface area is 126 Å². The first kappa shape index (κ1) is 16.3. The Bertz CT molecular complexity index is 403. The normalized spacial score (nSPS) is 35.4. The van der Waals surface area contributed by atoms with Crippen LogP contribution in [0.4, 0.5) is 0 Å². The summed E-state index contributed by atoms with van der Waals surface area (Å²) >= 11 is 0. The molecule has 120 valence electrons. The topological polar surface area (TPSA) is 74.5 Å². The Morgan fingerprint density at radius 3 is 2.48 bits per heavy atom. The summed E-state index contributed by atoms with van der Waals surface area (Å²) in [5.74, 6) is 0.429. The number of carbonyl (C=O) groups excluding carboxylic acids is 2. The summed E-state index contributed by atoms with van der Waals surface area (Å²) in [5, 5.41) is 2.83. The van der Waals surface area contributed by atoms with Crippen molar-refractivity contribution in [1.82, 2.24) is 5.32 Å². The van der Waals surface area contributed by atoms with Crippen molar-refractivity contribution in [3.63, 3.8) is 0 Å². The van der Waals surface area contributed by atoms with Crippen molar-refractivity contribution in [1.29, 1.82) is 0 Å². The highest BCUT2D eigenvalue weighted by Crippen LogP contribution is 2.36. The largest absolute Gasteiger partial charge is 0.464 e. The molecule has 0 aromatic heterocycles. The van der Waals surface area contributed by atoms with Crippen LogP contribution in [0, 0.1) is 17.8 Å². The summed E-state index contributed by atoms with van der Waals surface area (Å²) in [4.78, 5) is 24.3. The molecule has 5 nitrogen and oxygen atoms in total. The van der Waals surface area contributed by atoms with Gasteiger partial charge in [-0.25, -0.2) is 9.59 Å². The van der Waals surface area contributed by atoms with E-state index in [2.05, 4.69) is 26.1 Å². The Hall–Kier alpha value is -1.10. The highest BCUT2D eigenvalue weighted by Gasteiger charge is 2.60. The number of rotatable bonds is 5. The van der Waals surface area contributed by atoms with Crippen molar-refractivity contribution in [3.05, 3.63) is 0 Å². The van der Waals surface area contributed by atoms with Gasteiger partial charge in [-0.1, -0.05) is 27.2 Å². The second kappa shape index (κ2) is 6.34. The molecular weight excluding hydrogens is 270 g/mol. The Morgan fingerprint density at radius 2 is 1.95 bits per heavy atom. The molecule has 0 radical (unpaired) electrons. The molecule has 1 saturated heterocycles. The monoisotopic (exact) mass is 297 g/mol. The van der Waals surface area contributed by atoms with E-state index in [4.69, 9.17) is 9.47 Å². The van der Waals surface area contributed by atoms with Crippen LogP contribution in [0.3, 0.4) is 0 Å². The fourth-order valence-electron chi connectivity index (χ4n) is 3.20. The van der Waals surface area contributed by atoms with Crippen LogP contribution in [0.2, 0.25) is 0 Å². The Morgan fingerprint density at radius 1 is 1.29 bits per heavy atom. The van der Waals surface area contributed by atoms with E-state index in [9.17, 15) is 9.59 Å². The van der Waals surface area contributed by atoms with Crippen LogP contribution in [0.25, 0.3) is 0 Å². The fourth-order valence-corrected chi connectivity index (χ4v) is 3.20. The van der Waals surface area contributed by atoms with Crippen molar-refractivity contribution in [3.8, 4) is 0 Å². The lowest BCUT2D eigenvalue weighted by atomic mass is 9.75. The molecule has 2 fully saturated rings. The summed E-state index contributed by atoms with van der Waals surface area (Å²) in [6.07, 6.45) is 3.05. The van der Waals surface area contributed by atoms with Gasteiger partial charge in [0.25, 0.3) is 0 Å². The van der Waals surface area contributed by atoms with Crippen LogP contribution >= 0.6 is 0 Å². The smallest absolute Gasteiger partial charge is 0.339 e. The number of esters is 2. The van der Waals surface area contributed by atoms with E-state index in [1.54, 1.807) is 6.92 Å². The third-order valence-electron chi connectivity index (χ3n) is 4.72. The Kier molecular flexibility index (Phi) is 4.91. The minimum atomic E-state index is -1.24. The highest BCUT2D eigenvalue weighted by atomic mass is 16.6. The molecule has 21 heavy (non-hydrogen) atoms. The molecule has 4 atom stereocenters. The second-order valence-corrected chi connectivity index (χ2v) is 6.75. The van der Waals surface area contributed by atoms with Crippen molar-refractivity contribution in [2.24, 2.45) is 17.8 Å². The SMILES string of the molecule is CCOC(=O)C1(C(=O)OC2CC(C)CCC2C(C)C)CN1. The first-order valence-corrected chi connectivity index (χ1v) is 8.04. The molecule has 2 aliphatic rings. The van der Waals surface area contributed by atoms with E-state index in [1.807, 2.05) is 0 Å². The Balaban J connectivity index is 2.01. The molecule has 5 heteroatoms. The first-order valence-electron chi connectivity index (χ1n) is 8.04. The molecule has 0 amide bonds. The van der Waals surface area contributed by atoms with Gasteiger partial charge in [0.15, 0.2) is 0 Å². The first-order chi connectivity index (χ1) is 9.90. The van der Waals surface area contributed by atoms with Gasteiger partial charge in [-0.15, -0.1) is 0 Å². The molecular formula is C16H27NO4. The molecule has 4 unspecified atom stereocenters. The summed E-state index contributed by atoms with van der Waals surface area (Å²) in [7, 11) is 0. The molecule has 1 aliphatic carbocycles. The van der Waals surface area contributed by atoms with Crippen molar-refractivity contribution >= 4 is 11.9 Å². The lowest BCUT2D eigenvalue weighted by Gasteiger charge is -2.37. The molecule has 0 bridgehead atoms. The lowest BCUT2D eigenvalue weighted by Crippen LogP contribution is -2.45. The van der Waals surface area contributed by atoms with E-state index in [-0.39, 0.29) is 12.7 Å². The standard InChI is InChI=1S/C16H27NO4/c1-5-20-14(18)16(9-17-16)15(19)21-13-8-11(4)6-7-12(13)10(2)3/h10-13,17H,5-9H2,1-4H3. The number of ether oxygens (including phenoxy) is 2. The maximum Gasteiger partial charge on any atom is 0.339 e. The fraction of sp³-hybridized carbons (Fsp3) is 0.875. The lowest BCUT2D eigenvalue weighted by molar-refractivity contribution is -0.166. The third kappa shape index (κ3) is 3.39. The van der Waals surface area contributed by atoms with Gasteiger partial charge in [0.1, 0.15) is 6.10 Å². The quantitative estimate of drug-likeness (QED) is 0.476. The van der Waals surface area contributed by atoms with Crippen LogP contribution in [-0.2, 0) is 19.1 Å². The molecule has 0 aromatic carbocycles. The van der Waals surface area contributed by atoms with Crippen molar-refractivity contribution in [2.45, 2.75) is 58.6 Å². The van der Waals surface area contributed by atoms with Crippen molar-refractivity contribution < 1.29 is 19.1 Å². The van der Waals surface area contributed by atoms with E-state index in [0.717, 1.165) is 12.8 Å².